The van der Waals surface area contributed by atoms with Gasteiger partial charge >= 0.3 is 6.03 Å². The highest BCUT2D eigenvalue weighted by Crippen LogP contribution is 2.10. The zero-order chi connectivity index (χ0) is 20.0. The molecule has 0 bridgehead atoms. The van der Waals surface area contributed by atoms with Gasteiger partial charge < -0.3 is 27.4 Å². The lowest BCUT2D eigenvalue weighted by Gasteiger charge is -2.31. The third kappa shape index (κ3) is 5.54. The van der Waals surface area contributed by atoms with E-state index in [1.165, 1.54) is 9.80 Å². The topological polar surface area (TPSA) is 185 Å². The zero-order valence-corrected chi connectivity index (χ0v) is 15.4. The average Bonchev–Trinajstić information content (AvgIpc) is 3.04. The van der Waals surface area contributed by atoms with Crippen molar-refractivity contribution in [1.29, 1.82) is 0 Å². The van der Waals surface area contributed by atoms with E-state index in [9.17, 15) is 14.4 Å². The lowest BCUT2D eigenvalue weighted by molar-refractivity contribution is -0.138. The molecule has 27 heavy (non-hydrogen) atoms. The number of aliphatic imine (C=N–C) groups is 2. The Balaban J connectivity index is 1.84. The second kappa shape index (κ2) is 9.16. The first-order valence-corrected chi connectivity index (χ1v) is 8.77. The molecule has 1 fully saturated rings. The van der Waals surface area contributed by atoms with Crippen molar-refractivity contribution in [2.45, 2.75) is 31.3 Å². The molecule has 0 spiro atoms. The standard InChI is InChI=1S/C15H27N9O3/c1-23(11(25)7-9(16)3-2-4-19-13(17)18)10-8-21-14(22-12(10)26)24-6-5-20-15(24)27/h9-10H,2-8,16H2,1H3,(H,20,27)(H4,17,18,19)(H,21,22,26)/t9-,10?/m0/s1. The molecule has 0 aliphatic carbocycles. The first kappa shape index (κ1) is 20.4. The maximum absolute atomic E-state index is 12.4. The highest BCUT2D eigenvalue weighted by molar-refractivity contribution is 6.08. The van der Waals surface area contributed by atoms with Gasteiger partial charge in [0.05, 0.1) is 6.54 Å². The molecule has 1 unspecified atom stereocenters. The summed E-state index contributed by atoms with van der Waals surface area (Å²) in [6.45, 7) is 1.47. The van der Waals surface area contributed by atoms with Crippen LogP contribution >= 0.6 is 0 Å². The number of urea groups is 1. The van der Waals surface area contributed by atoms with E-state index in [1.54, 1.807) is 7.05 Å². The number of rotatable bonds is 7. The summed E-state index contributed by atoms with van der Waals surface area (Å²) < 4.78 is 0. The zero-order valence-electron chi connectivity index (χ0n) is 15.4. The Labute approximate surface area is 157 Å². The van der Waals surface area contributed by atoms with Gasteiger partial charge in [0.1, 0.15) is 6.04 Å². The van der Waals surface area contributed by atoms with Crippen LogP contribution in [0.15, 0.2) is 9.98 Å². The van der Waals surface area contributed by atoms with Gasteiger partial charge in [-0.1, -0.05) is 0 Å². The Morgan fingerprint density at radius 1 is 1.44 bits per heavy atom. The number of nitrogens with zero attached hydrogens (tertiary/aromatic N) is 4. The SMILES string of the molecule is CN(C(=O)C[C@@H](N)CCCN=C(N)N)C1CN=C(N2CCNC2=O)NC1=O. The Morgan fingerprint density at radius 2 is 2.19 bits per heavy atom. The van der Waals surface area contributed by atoms with Gasteiger partial charge in [0.25, 0.3) is 5.91 Å². The number of hydrogen-bond acceptors (Lipinski definition) is 6. The van der Waals surface area contributed by atoms with Crippen LogP contribution < -0.4 is 27.8 Å². The van der Waals surface area contributed by atoms with Crippen molar-refractivity contribution < 1.29 is 14.4 Å². The predicted octanol–water partition coefficient (Wildman–Crippen LogP) is -2.90. The fourth-order valence-electron chi connectivity index (χ4n) is 2.82. The third-order valence-corrected chi connectivity index (χ3v) is 4.39. The lowest BCUT2D eigenvalue weighted by atomic mass is 10.1. The second-order valence-electron chi connectivity index (χ2n) is 6.47. The minimum atomic E-state index is -0.735. The molecule has 0 saturated carbocycles. The van der Waals surface area contributed by atoms with Crippen molar-refractivity contribution in [3.05, 3.63) is 0 Å². The number of amides is 4. The van der Waals surface area contributed by atoms with E-state index in [2.05, 4.69) is 20.6 Å². The van der Waals surface area contributed by atoms with E-state index in [1.807, 2.05) is 0 Å². The highest BCUT2D eigenvalue weighted by Gasteiger charge is 2.34. The van der Waals surface area contributed by atoms with Gasteiger partial charge in [-0.15, -0.1) is 0 Å². The molecule has 0 aromatic rings. The van der Waals surface area contributed by atoms with Crippen molar-refractivity contribution in [2.75, 3.05) is 33.2 Å². The second-order valence-corrected chi connectivity index (χ2v) is 6.47. The quantitative estimate of drug-likeness (QED) is 0.179. The predicted molar refractivity (Wildman–Crippen MR) is 99.6 cm³/mol. The summed E-state index contributed by atoms with van der Waals surface area (Å²) >= 11 is 0. The molecule has 0 radical (unpaired) electrons. The molecule has 2 rings (SSSR count). The minimum Gasteiger partial charge on any atom is -0.370 e. The number of hydrogen-bond donors (Lipinski definition) is 5. The molecule has 2 aliphatic heterocycles. The van der Waals surface area contributed by atoms with Crippen LogP contribution in [0.4, 0.5) is 4.79 Å². The summed E-state index contributed by atoms with van der Waals surface area (Å²) in [7, 11) is 1.54. The molecule has 0 aromatic carbocycles. The normalized spacial score (nSPS) is 20.4. The van der Waals surface area contributed by atoms with Crippen LogP contribution in [0.3, 0.4) is 0 Å². The van der Waals surface area contributed by atoms with Crippen molar-refractivity contribution in [2.24, 2.45) is 27.2 Å². The van der Waals surface area contributed by atoms with Crippen LogP contribution in [0.5, 0.6) is 0 Å². The van der Waals surface area contributed by atoms with E-state index in [4.69, 9.17) is 17.2 Å². The highest BCUT2D eigenvalue weighted by atomic mass is 16.2. The Morgan fingerprint density at radius 3 is 2.78 bits per heavy atom. The fourth-order valence-corrected chi connectivity index (χ4v) is 2.82. The monoisotopic (exact) mass is 381 g/mol. The van der Waals surface area contributed by atoms with Crippen LogP contribution in [0, 0.1) is 0 Å². The summed E-state index contributed by atoms with van der Waals surface area (Å²) in [6, 6.07) is -1.39. The Hall–Kier alpha value is -2.89. The van der Waals surface area contributed by atoms with Crippen molar-refractivity contribution in [3.63, 3.8) is 0 Å². The van der Waals surface area contributed by atoms with E-state index >= 15 is 0 Å². The Bertz CT molecular complexity index is 644. The summed E-state index contributed by atoms with van der Waals surface area (Å²) in [5.41, 5.74) is 16.5. The van der Waals surface area contributed by atoms with Gasteiger partial charge in [0.2, 0.25) is 11.9 Å². The van der Waals surface area contributed by atoms with Gasteiger partial charge in [-0.2, -0.15) is 0 Å². The maximum atomic E-state index is 12.4. The summed E-state index contributed by atoms with van der Waals surface area (Å²) in [5, 5.41) is 5.23. The molecule has 0 aromatic heterocycles. The molecular weight excluding hydrogens is 354 g/mol. The number of likely N-dealkylation sites (N-methyl/N-ethyl adjacent to an activating group) is 1. The van der Waals surface area contributed by atoms with Crippen LogP contribution in [0.2, 0.25) is 0 Å². The van der Waals surface area contributed by atoms with E-state index in [-0.39, 0.29) is 48.8 Å². The molecular formula is C15H27N9O3. The van der Waals surface area contributed by atoms with Gasteiger partial charge in [-0.3, -0.25) is 24.8 Å². The van der Waals surface area contributed by atoms with Crippen molar-refractivity contribution >= 4 is 29.8 Å². The number of carbonyl (C=O) groups excluding carboxylic acids is 3. The third-order valence-electron chi connectivity index (χ3n) is 4.39. The molecule has 1 saturated heterocycles. The van der Waals surface area contributed by atoms with Crippen molar-refractivity contribution in [3.8, 4) is 0 Å². The first-order chi connectivity index (χ1) is 12.8. The average molecular weight is 381 g/mol. The smallest absolute Gasteiger partial charge is 0.324 e. The van der Waals surface area contributed by atoms with E-state index in [0.717, 1.165) is 0 Å². The van der Waals surface area contributed by atoms with E-state index in [0.29, 0.717) is 32.5 Å². The summed E-state index contributed by atoms with van der Waals surface area (Å²) in [4.78, 5) is 47.2. The molecule has 4 amide bonds. The number of nitrogens with two attached hydrogens (primary N) is 3. The molecule has 2 heterocycles. The van der Waals surface area contributed by atoms with Crippen LogP contribution in [-0.4, -0.2) is 84.9 Å². The summed E-state index contributed by atoms with van der Waals surface area (Å²) in [6.07, 6.45) is 1.35. The Kier molecular flexibility index (Phi) is 6.93. The van der Waals surface area contributed by atoms with Crippen LogP contribution in [0.1, 0.15) is 19.3 Å². The summed E-state index contributed by atoms with van der Waals surface area (Å²) in [5.74, 6) is -0.392. The van der Waals surface area contributed by atoms with Gasteiger partial charge in [0.15, 0.2) is 5.96 Å². The molecule has 8 N–H and O–H groups in total. The number of nitrogens with one attached hydrogen (secondary N) is 2. The van der Waals surface area contributed by atoms with E-state index < -0.39 is 6.04 Å². The maximum Gasteiger partial charge on any atom is 0.324 e. The number of guanidine groups is 2. The molecule has 2 atom stereocenters. The van der Waals surface area contributed by atoms with Gasteiger partial charge in [-0.05, 0) is 12.8 Å². The van der Waals surface area contributed by atoms with Crippen molar-refractivity contribution in [1.82, 2.24) is 20.4 Å². The molecule has 150 valence electrons. The van der Waals surface area contributed by atoms with Crippen LogP contribution in [0.25, 0.3) is 0 Å². The fraction of sp³-hybridized carbons (Fsp3) is 0.667. The largest absolute Gasteiger partial charge is 0.370 e. The molecule has 2 aliphatic rings. The van der Waals surface area contributed by atoms with Gasteiger partial charge in [-0.25, -0.2) is 9.79 Å². The lowest BCUT2D eigenvalue weighted by Crippen LogP contribution is -2.58. The number of carbonyl (C=O) groups is 3. The van der Waals surface area contributed by atoms with Crippen LogP contribution in [-0.2, 0) is 9.59 Å². The molecule has 12 heteroatoms. The minimum absolute atomic E-state index is 0.0222. The molecule has 12 nitrogen and oxygen atoms in total. The first-order valence-electron chi connectivity index (χ1n) is 8.77. The van der Waals surface area contributed by atoms with Gasteiger partial charge in [0, 0.05) is 39.1 Å².